The first-order chi connectivity index (χ1) is 9.61. The van der Waals surface area contributed by atoms with Gasteiger partial charge in [-0.05, 0) is 12.8 Å². The lowest BCUT2D eigenvalue weighted by molar-refractivity contribution is 0.0691. The van der Waals surface area contributed by atoms with Gasteiger partial charge in [0, 0.05) is 31.9 Å². The van der Waals surface area contributed by atoms with E-state index in [2.05, 4.69) is 16.9 Å². The number of carbonyl (C=O) groups is 2. The van der Waals surface area contributed by atoms with Crippen LogP contribution in [0, 0.1) is 0 Å². The summed E-state index contributed by atoms with van der Waals surface area (Å²) in [4.78, 5) is 28.2. The Bertz CT molecular complexity index is 507. The Morgan fingerprint density at radius 3 is 2.90 bits per heavy atom. The van der Waals surface area contributed by atoms with Crippen molar-refractivity contribution in [2.24, 2.45) is 0 Å². The van der Waals surface area contributed by atoms with E-state index >= 15 is 0 Å². The molecular formula is C13H18N4O3. The summed E-state index contributed by atoms with van der Waals surface area (Å²) in [7, 11) is 0. The summed E-state index contributed by atoms with van der Waals surface area (Å²) in [6.07, 6.45) is 6.69. The van der Waals surface area contributed by atoms with E-state index in [9.17, 15) is 9.59 Å². The number of hydrogen-bond donors (Lipinski definition) is 2. The summed E-state index contributed by atoms with van der Waals surface area (Å²) in [5.74, 6) is -1.06. The van der Waals surface area contributed by atoms with Gasteiger partial charge in [-0.3, -0.25) is 0 Å². The Hall–Kier alpha value is -2.31. The maximum absolute atomic E-state index is 12.0. The molecule has 20 heavy (non-hydrogen) atoms. The van der Waals surface area contributed by atoms with Gasteiger partial charge < -0.3 is 19.9 Å². The fraction of sp³-hybridized carbons (Fsp3) is 0.462. The van der Waals surface area contributed by atoms with E-state index in [4.69, 9.17) is 5.11 Å². The van der Waals surface area contributed by atoms with E-state index in [-0.39, 0.29) is 11.7 Å². The van der Waals surface area contributed by atoms with Crippen molar-refractivity contribution in [3.8, 4) is 0 Å². The summed E-state index contributed by atoms with van der Waals surface area (Å²) in [6, 6.07) is 0.228. The second-order valence-corrected chi connectivity index (χ2v) is 4.71. The molecule has 1 aromatic rings. The largest absolute Gasteiger partial charge is 0.476 e. The SMILES string of the molecule is C=CCN(C(=O)NCCn1cnc(C(=O)O)c1)C1CC1. The van der Waals surface area contributed by atoms with Crippen molar-refractivity contribution in [3.63, 3.8) is 0 Å². The minimum Gasteiger partial charge on any atom is -0.476 e. The first-order valence-electron chi connectivity index (χ1n) is 6.52. The van der Waals surface area contributed by atoms with Crippen molar-refractivity contribution >= 4 is 12.0 Å². The number of amides is 2. The normalized spacial score (nSPS) is 13.8. The van der Waals surface area contributed by atoms with Crippen LogP contribution in [-0.4, -0.2) is 50.7 Å². The van der Waals surface area contributed by atoms with Crippen LogP contribution >= 0.6 is 0 Å². The van der Waals surface area contributed by atoms with Crippen molar-refractivity contribution in [3.05, 3.63) is 30.9 Å². The molecule has 2 N–H and O–H groups in total. The highest BCUT2D eigenvalue weighted by Crippen LogP contribution is 2.26. The molecule has 0 aromatic carbocycles. The molecule has 0 bridgehead atoms. The molecule has 0 spiro atoms. The molecule has 0 atom stereocenters. The number of carboxylic acid groups (broad SMARTS) is 1. The van der Waals surface area contributed by atoms with Crippen LogP contribution in [0.15, 0.2) is 25.2 Å². The summed E-state index contributed by atoms with van der Waals surface area (Å²) in [5, 5.41) is 11.6. The van der Waals surface area contributed by atoms with E-state index in [1.54, 1.807) is 15.5 Å². The van der Waals surface area contributed by atoms with E-state index in [0.717, 1.165) is 12.8 Å². The standard InChI is InChI=1S/C13H18N4O3/c1-2-6-17(10-3-4-10)13(20)14-5-7-16-8-11(12(18)19)15-9-16/h2,8-10H,1,3-7H2,(H,14,20)(H,18,19). The van der Waals surface area contributed by atoms with E-state index in [0.29, 0.717) is 25.7 Å². The van der Waals surface area contributed by atoms with Gasteiger partial charge in [0.25, 0.3) is 0 Å². The average molecular weight is 278 g/mol. The summed E-state index contributed by atoms with van der Waals surface area (Å²) < 4.78 is 1.64. The van der Waals surface area contributed by atoms with Crippen molar-refractivity contribution in [2.75, 3.05) is 13.1 Å². The molecule has 1 aliphatic rings. The Morgan fingerprint density at radius 2 is 2.35 bits per heavy atom. The van der Waals surface area contributed by atoms with Gasteiger partial charge in [0.2, 0.25) is 0 Å². The number of hydrogen-bond acceptors (Lipinski definition) is 3. The minimum atomic E-state index is -1.06. The lowest BCUT2D eigenvalue weighted by Crippen LogP contribution is -2.42. The van der Waals surface area contributed by atoms with Crippen molar-refractivity contribution in [1.82, 2.24) is 19.8 Å². The molecular weight excluding hydrogens is 260 g/mol. The molecule has 108 valence electrons. The monoisotopic (exact) mass is 278 g/mol. The highest BCUT2D eigenvalue weighted by atomic mass is 16.4. The zero-order valence-electron chi connectivity index (χ0n) is 11.2. The first-order valence-corrected chi connectivity index (χ1v) is 6.52. The van der Waals surface area contributed by atoms with Gasteiger partial charge in [-0.1, -0.05) is 6.08 Å². The first kappa shape index (κ1) is 14.1. The van der Waals surface area contributed by atoms with Gasteiger partial charge in [-0.15, -0.1) is 6.58 Å². The van der Waals surface area contributed by atoms with Crippen LogP contribution < -0.4 is 5.32 Å². The smallest absolute Gasteiger partial charge is 0.356 e. The van der Waals surface area contributed by atoms with E-state index in [1.165, 1.54) is 12.5 Å². The molecule has 1 aliphatic carbocycles. The van der Waals surface area contributed by atoms with Crippen LogP contribution in [-0.2, 0) is 6.54 Å². The second kappa shape index (κ2) is 6.23. The predicted octanol–water partition coefficient (Wildman–Crippen LogP) is 0.941. The number of carboxylic acids is 1. The highest BCUT2D eigenvalue weighted by Gasteiger charge is 2.31. The topological polar surface area (TPSA) is 87.5 Å². The van der Waals surface area contributed by atoms with Crippen LogP contribution in [0.3, 0.4) is 0 Å². The third-order valence-electron chi connectivity index (χ3n) is 3.07. The summed E-state index contributed by atoms with van der Waals surface area (Å²) >= 11 is 0. The third kappa shape index (κ3) is 3.59. The molecule has 0 aliphatic heterocycles. The maximum atomic E-state index is 12.0. The molecule has 0 radical (unpaired) electrons. The van der Waals surface area contributed by atoms with Crippen LogP contribution in [0.25, 0.3) is 0 Å². The molecule has 0 saturated heterocycles. The van der Waals surface area contributed by atoms with Crippen molar-refractivity contribution in [1.29, 1.82) is 0 Å². The van der Waals surface area contributed by atoms with Gasteiger partial charge in [0.1, 0.15) is 0 Å². The molecule has 2 rings (SSSR count). The second-order valence-electron chi connectivity index (χ2n) is 4.71. The van der Waals surface area contributed by atoms with Gasteiger partial charge in [0.05, 0.1) is 6.33 Å². The van der Waals surface area contributed by atoms with Crippen LogP contribution in [0.4, 0.5) is 4.79 Å². The number of aromatic carboxylic acids is 1. The molecule has 1 saturated carbocycles. The van der Waals surface area contributed by atoms with Crippen molar-refractivity contribution < 1.29 is 14.7 Å². The Kier molecular flexibility index (Phi) is 4.39. The highest BCUT2D eigenvalue weighted by molar-refractivity contribution is 5.84. The predicted molar refractivity (Wildman–Crippen MR) is 72.5 cm³/mol. The van der Waals surface area contributed by atoms with Crippen LogP contribution in [0.5, 0.6) is 0 Å². The fourth-order valence-electron chi connectivity index (χ4n) is 1.91. The van der Waals surface area contributed by atoms with Gasteiger partial charge in [-0.25, -0.2) is 14.6 Å². The lowest BCUT2D eigenvalue weighted by atomic mass is 10.4. The lowest BCUT2D eigenvalue weighted by Gasteiger charge is -2.21. The minimum absolute atomic E-state index is 0.00240. The molecule has 1 aromatic heterocycles. The quantitative estimate of drug-likeness (QED) is 0.727. The number of urea groups is 1. The van der Waals surface area contributed by atoms with Gasteiger partial charge >= 0.3 is 12.0 Å². The van der Waals surface area contributed by atoms with Crippen LogP contribution in [0.1, 0.15) is 23.3 Å². The number of nitrogens with one attached hydrogen (secondary N) is 1. The fourth-order valence-corrected chi connectivity index (χ4v) is 1.91. The number of aromatic nitrogens is 2. The van der Waals surface area contributed by atoms with Crippen molar-refractivity contribution in [2.45, 2.75) is 25.4 Å². The summed E-state index contributed by atoms with van der Waals surface area (Å²) in [5.41, 5.74) is 0.00240. The zero-order valence-corrected chi connectivity index (χ0v) is 11.2. The molecule has 1 heterocycles. The Labute approximate surface area is 116 Å². The Balaban J connectivity index is 1.77. The molecule has 0 unspecified atom stereocenters. The maximum Gasteiger partial charge on any atom is 0.356 e. The molecule has 7 heteroatoms. The zero-order chi connectivity index (χ0) is 14.5. The van der Waals surface area contributed by atoms with Gasteiger partial charge in [0.15, 0.2) is 5.69 Å². The van der Waals surface area contributed by atoms with Gasteiger partial charge in [-0.2, -0.15) is 0 Å². The third-order valence-corrected chi connectivity index (χ3v) is 3.07. The molecule has 7 nitrogen and oxygen atoms in total. The van der Waals surface area contributed by atoms with E-state index in [1.807, 2.05) is 0 Å². The number of nitrogens with zero attached hydrogens (tertiary/aromatic N) is 3. The van der Waals surface area contributed by atoms with Crippen LogP contribution in [0.2, 0.25) is 0 Å². The summed E-state index contributed by atoms with van der Waals surface area (Å²) in [6.45, 7) is 5.11. The Morgan fingerprint density at radius 1 is 1.60 bits per heavy atom. The molecule has 2 amide bonds. The average Bonchev–Trinajstić information content (AvgIpc) is 3.13. The number of rotatable bonds is 7. The van der Waals surface area contributed by atoms with E-state index < -0.39 is 5.97 Å². The number of carbonyl (C=O) groups excluding carboxylic acids is 1. The number of imidazole rings is 1. The molecule has 1 fully saturated rings.